The Kier molecular flexibility index (Phi) is 2.86. The molecule has 2 heterocycles. The summed E-state index contributed by atoms with van der Waals surface area (Å²) in [7, 11) is 0. The van der Waals surface area contributed by atoms with Gasteiger partial charge in [-0.3, -0.25) is 0 Å². The molecule has 1 N–H and O–H groups in total. The lowest BCUT2D eigenvalue weighted by Gasteiger charge is -2.36. The van der Waals surface area contributed by atoms with E-state index in [1.807, 2.05) is 19.1 Å². The zero-order valence-electron chi connectivity index (χ0n) is 9.57. The molecule has 0 bridgehead atoms. The van der Waals surface area contributed by atoms with E-state index in [9.17, 15) is 0 Å². The minimum atomic E-state index is 0.511. The lowest BCUT2D eigenvalue weighted by atomic mass is 10.1. The first-order valence-electron chi connectivity index (χ1n) is 5.46. The highest BCUT2D eigenvalue weighted by atomic mass is 15.3. The molecule has 1 aromatic rings. The summed E-state index contributed by atoms with van der Waals surface area (Å²) in [6.07, 6.45) is 0. The highest BCUT2D eigenvalue weighted by molar-refractivity contribution is 5.38. The van der Waals surface area contributed by atoms with Crippen LogP contribution in [0.1, 0.15) is 19.5 Å². The summed E-state index contributed by atoms with van der Waals surface area (Å²) < 4.78 is 0. The van der Waals surface area contributed by atoms with Crippen molar-refractivity contribution in [1.82, 2.24) is 15.5 Å². The summed E-state index contributed by atoms with van der Waals surface area (Å²) in [5, 5.41) is 11.8. The van der Waals surface area contributed by atoms with Crippen molar-refractivity contribution < 1.29 is 0 Å². The lowest BCUT2D eigenvalue weighted by Crippen LogP contribution is -2.54. The zero-order chi connectivity index (χ0) is 10.8. The van der Waals surface area contributed by atoms with Crippen molar-refractivity contribution in [2.24, 2.45) is 0 Å². The van der Waals surface area contributed by atoms with Crippen molar-refractivity contribution in [2.75, 3.05) is 18.0 Å². The van der Waals surface area contributed by atoms with Crippen LogP contribution in [0.5, 0.6) is 0 Å². The van der Waals surface area contributed by atoms with E-state index in [0.29, 0.717) is 12.1 Å². The summed E-state index contributed by atoms with van der Waals surface area (Å²) >= 11 is 0. The average molecular weight is 206 g/mol. The molecule has 1 fully saturated rings. The Morgan fingerprint density at radius 1 is 1.20 bits per heavy atom. The molecule has 2 rings (SSSR count). The van der Waals surface area contributed by atoms with Gasteiger partial charge in [0.25, 0.3) is 0 Å². The molecule has 4 heteroatoms. The molecular formula is C11H18N4. The molecule has 1 aliphatic heterocycles. The maximum atomic E-state index is 4.22. The molecule has 1 aromatic heterocycles. The second kappa shape index (κ2) is 4.14. The molecule has 15 heavy (non-hydrogen) atoms. The molecule has 2 atom stereocenters. The fourth-order valence-corrected chi connectivity index (χ4v) is 2.07. The fraction of sp³-hybridized carbons (Fsp3) is 0.636. The summed E-state index contributed by atoms with van der Waals surface area (Å²) in [6, 6.07) is 5.08. The number of hydrogen-bond acceptors (Lipinski definition) is 4. The second-order valence-corrected chi connectivity index (χ2v) is 4.41. The van der Waals surface area contributed by atoms with Gasteiger partial charge in [0.1, 0.15) is 0 Å². The van der Waals surface area contributed by atoms with Crippen LogP contribution in [0.4, 0.5) is 5.82 Å². The van der Waals surface area contributed by atoms with Crippen molar-refractivity contribution in [2.45, 2.75) is 32.9 Å². The van der Waals surface area contributed by atoms with Gasteiger partial charge in [-0.15, -0.1) is 5.10 Å². The first kappa shape index (κ1) is 10.4. The van der Waals surface area contributed by atoms with Crippen LogP contribution in [-0.4, -0.2) is 35.4 Å². The highest BCUT2D eigenvalue weighted by Gasteiger charge is 2.21. The Bertz CT molecular complexity index is 312. The van der Waals surface area contributed by atoms with Gasteiger partial charge in [0.05, 0.1) is 5.69 Å². The summed E-state index contributed by atoms with van der Waals surface area (Å²) in [4.78, 5) is 2.29. The van der Waals surface area contributed by atoms with Crippen LogP contribution in [-0.2, 0) is 0 Å². The third kappa shape index (κ3) is 2.45. The smallest absolute Gasteiger partial charge is 0.151 e. The summed E-state index contributed by atoms with van der Waals surface area (Å²) in [6.45, 7) is 8.36. The molecule has 0 aromatic carbocycles. The van der Waals surface area contributed by atoms with Gasteiger partial charge in [0, 0.05) is 25.2 Å². The van der Waals surface area contributed by atoms with Crippen LogP contribution in [0.15, 0.2) is 12.1 Å². The van der Waals surface area contributed by atoms with Gasteiger partial charge in [-0.25, -0.2) is 0 Å². The minimum absolute atomic E-state index is 0.511. The molecule has 2 unspecified atom stereocenters. The van der Waals surface area contributed by atoms with Gasteiger partial charge in [-0.05, 0) is 32.9 Å². The van der Waals surface area contributed by atoms with E-state index < -0.39 is 0 Å². The summed E-state index contributed by atoms with van der Waals surface area (Å²) in [5.74, 6) is 0.987. The number of hydrogen-bond donors (Lipinski definition) is 1. The van der Waals surface area contributed by atoms with Crippen molar-refractivity contribution in [3.8, 4) is 0 Å². The highest BCUT2D eigenvalue weighted by Crippen LogP contribution is 2.13. The van der Waals surface area contributed by atoms with E-state index in [1.165, 1.54) is 0 Å². The standard InChI is InChI=1S/C11H18N4/c1-8-4-5-11(14-13-8)15-6-9(2)12-10(3)7-15/h4-5,9-10,12H,6-7H2,1-3H3. The van der Waals surface area contributed by atoms with Gasteiger partial charge in [-0.1, -0.05) is 0 Å². The van der Waals surface area contributed by atoms with Crippen molar-refractivity contribution >= 4 is 5.82 Å². The number of piperazine rings is 1. The average Bonchev–Trinajstić information content (AvgIpc) is 2.17. The van der Waals surface area contributed by atoms with Gasteiger partial charge in [-0.2, -0.15) is 5.10 Å². The Morgan fingerprint density at radius 2 is 1.87 bits per heavy atom. The fourth-order valence-electron chi connectivity index (χ4n) is 2.07. The number of anilines is 1. The van der Waals surface area contributed by atoms with Crippen LogP contribution in [0.2, 0.25) is 0 Å². The molecule has 4 nitrogen and oxygen atoms in total. The van der Waals surface area contributed by atoms with E-state index in [1.54, 1.807) is 0 Å². The molecule has 0 spiro atoms. The lowest BCUT2D eigenvalue weighted by molar-refractivity contribution is 0.404. The SMILES string of the molecule is Cc1ccc(N2CC(C)NC(C)C2)nn1. The minimum Gasteiger partial charge on any atom is -0.352 e. The normalized spacial score (nSPS) is 26.7. The van der Waals surface area contributed by atoms with Gasteiger partial charge in [0.15, 0.2) is 5.82 Å². The quantitative estimate of drug-likeness (QED) is 0.743. The molecule has 1 aliphatic rings. The van der Waals surface area contributed by atoms with Crippen molar-refractivity contribution in [3.63, 3.8) is 0 Å². The predicted octanol–water partition coefficient (Wildman–Crippen LogP) is 0.972. The Labute approximate surface area is 90.7 Å². The van der Waals surface area contributed by atoms with Crippen LogP contribution in [0, 0.1) is 6.92 Å². The third-order valence-electron chi connectivity index (χ3n) is 2.67. The first-order valence-corrected chi connectivity index (χ1v) is 5.46. The van der Waals surface area contributed by atoms with E-state index in [-0.39, 0.29) is 0 Å². The molecular weight excluding hydrogens is 188 g/mol. The van der Waals surface area contributed by atoms with E-state index in [2.05, 4.69) is 34.3 Å². The zero-order valence-corrected chi connectivity index (χ0v) is 9.57. The number of rotatable bonds is 1. The second-order valence-electron chi connectivity index (χ2n) is 4.41. The van der Waals surface area contributed by atoms with Crippen LogP contribution in [0.25, 0.3) is 0 Å². The largest absolute Gasteiger partial charge is 0.352 e. The number of aryl methyl sites for hydroxylation is 1. The van der Waals surface area contributed by atoms with Crippen molar-refractivity contribution in [1.29, 1.82) is 0 Å². The van der Waals surface area contributed by atoms with Crippen LogP contribution < -0.4 is 10.2 Å². The Hall–Kier alpha value is -1.16. The molecule has 82 valence electrons. The van der Waals surface area contributed by atoms with Gasteiger partial charge in [0.2, 0.25) is 0 Å². The van der Waals surface area contributed by atoms with Gasteiger partial charge >= 0.3 is 0 Å². The van der Waals surface area contributed by atoms with Crippen molar-refractivity contribution in [3.05, 3.63) is 17.8 Å². The third-order valence-corrected chi connectivity index (χ3v) is 2.67. The maximum absolute atomic E-state index is 4.22. The van der Waals surface area contributed by atoms with Crippen LogP contribution >= 0.6 is 0 Å². The predicted molar refractivity (Wildman–Crippen MR) is 61.0 cm³/mol. The number of nitrogens with zero attached hydrogens (tertiary/aromatic N) is 3. The monoisotopic (exact) mass is 206 g/mol. The Balaban J connectivity index is 2.12. The maximum Gasteiger partial charge on any atom is 0.151 e. The molecule has 0 radical (unpaired) electrons. The van der Waals surface area contributed by atoms with E-state index in [4.69, 9.17) is 0 Å². The molecule has 0 saturated carbocycles. The van der Waals surface area contributed by atoms with Crippen LogP contribution in [0.3, 0.4) is 0 Å². The van der Waals surface area contributed by atoms with E-state index in [0.717, 1.165) is 24.6 Å². The topological polar surface area (TPSA) is 41.0 Å². The number of nitrogens with one attached hydrogen (secondary N) is 1. The summed E-state index contributed by atoms with van der Waals surface area (Å²) in [5.41, 5.74) is 0.968. The number of aromatic nitrogens is 2. The van der Waals surface area contributed by atoms with Gasteiger partial charge < -0.3 is 10.2 Å². The Morgan fingerprint density at radius 3 is 2.40 bits per heavy atom. The molecule has 0 amide bonds. The molecule has 1 saturated heterocycles. The first-order chi connectivity index (χ1) is 7.15. The molecule has 0 aliphatic carbocycles. The van der Waals surface area contributed by atoms with E-state index >= 15 is 0 Å².